The third-order valence-corrected chi connectivity index (χ3v) is 8.50. The van der Waals surface area contributed by atoms with Gasteiger partial charge in [0.25, 0.3) is 5.56 Å². The molecule has 4 aromatic carbocycles. The number of carbonyl (C=O) groups is 1. The molecule has 0 amide bonds. The maximum atomic E-state index is 14.1. The highest BCUT2D eigenvalue weighted by atomic mass is 35.5. The third kappa shape index (κ3) is 6.22. The minimum atomic E-state index is -0.776. The van der Waals surface area contributed by atoms with Crippen molar-refractivity contribution in [2.75, 3.05) is 6.61 Å². The molecule has 2 heterocycles. The predicted octanol–water partition coefficient (Wildman–Crippen LogP) is 6.04. The van der Waals surface area contributed by atoms with Crippen LogP contribution in [0.4, 0.5) is 0 Å². The summed E-state index contributed by atoms with van der Waals surface area (Å²) in [6, 6.07) is 32.6. The number of rotatable bonds is 8. The standard InChI is InChI=1S/C36H26ClN3O4S/c1-2-43-35(42)31-32(24-8-4-3-5-9-24)39-36-40(33(31)25-14-16-28(37)17-15-25)34(41)30(45-36)20-23-12-18-29(19-13-23)44-22-27-11-7-6-10-26(27)21-38/h3-20,33H,2,22H2,1H3/b30-20-/t33-/m1/s1. The molecule has 222 valence electrons. The van der Waals surface area contributed by atoms with E-state index in [4.69, 9.17) is 26.1 Å². The fraction of sp³-hybridized carbons (Fsp3) is 0.111. The molecule has 0 saturated carbocycles. The van der Waals surface area contributed by atoms with E-state index in [0.29, 0.717) is 36.9 Å². The van der Waals surface area contributed by atoms with Gasteiger partial charge in [-0.1, -0.05) is 95.7 Å². The summed E-state index contributed by atoms with van der Waals surface area (Å²) in [7, 11) is 0. The van der Waals surface area contributed by atoms with Crippen molar-refractivity contribution in [2.45, 2.75) is 19.6 Å². The molecule has 0 aliphatic carbocycles. The van der Waals surface area contributed by atoms with E-state index in [-0.39, 0.29) is 24.3 Å². The van der Waals surface area contributed by atoms with Crippen LogP contribution < -0.4 is 19.6 Å². The second-order valence-corrected chi connectivity index (χ2v) is 11.6. The van der Waals surface area contributed by atoms with Gasteiger partial charge in [0.05, 0.1) is 40.1 Å². The highest BCUT2D eigenvalue weighted by molar-refractivity contribution is 7.07. The number of ether oxygens (including phenoxy) is 2. The molecule has 0 spiro atoms. The van der Waals surface area contributed by atoms with Gasteiger partial charge in [-0.3, -0.25) is 9.36 Å². The summed E-state index contributed by atoms with van der Waals surface area (Å²) in [6.07, 6.45) is 1.80. The first-order chi connectivity index (χ1) is 22.0. The van der Waals surface area contributed by atoms with Gasteiger partial charge in [0.1, 0.15) is 12.4 Å². The van der Waals surface area contributed by atoms with E-state index in [1.54, 1.807) is 35.8 Å². The van der Waals surface area contributed by atoms with Crippen molar-refractivity contribution in [2.24, 2.45) is 4.99 Å². The van der Waals surface area contributed by atoms with E-state index < -0.39 is 12.0 Å². The summed E-state index contributed by atoms with van der Waals surface area (Å²) < 4.78 is 13.4. The molecular formula is C36H26ClN3O4S. The number of nitriles is 1. The number of fused-ring (bicyclic) bond motifs is 1. The molecule has 0 bridgehead atoms. The van der Waals surface area contributed by atoms with Crippen LogP contribution in [-0.4, -0.2) is 17.1 Å². The van der Waals surface area contributed by atoms with Crippen molar-refractivity contribution in [1.82, 2.24) is 4.57 Å². The Labute approximate surface area is 268 Å². The van der Waals surface area contributed by atoms with Gasteiger partial charge in [-0.2, -0.15) is 5.26 Å². The van der Waals surface area contributed by atoms with Crippen LogP contribution in [0, 0.1) is 11.3 Å². The summed E-state index contributed by atoms with van der Waals surface area (Å²) in [5.74, 6) is 0.0954. The molecule has 5 aromatic rings. The first kappa shape index (κ1) is 29.8. The van der Waals surface area contributed by atoms with E-state index >= 15 is 0 Å². The fourth-order valence-corrected chi connectivity index (χ4v) is 6.26. The monoisotopic (exact) mass is 631 g/mol. The molecule has 6 rings (SSSR count). The summed E-state index contributed by atoms with van der Waals surface area (Å²) in [5, 5.41) is 9.87. The van der Waals surface area contributed by atoms with Crippen molar-refractivity contribution in [3.05, 3.63) is 161 Å². The van der Waals surface area contributed by atoms with Gasteiger partial charge in [-0.15, -0.1) is 0 Å². The molecule has 45 heavy (non-hydrogen) atoms. The van der Waals surface area contributed by atoms with Crippen LogP contribution in [0.1, 0.15) is 40.8 Å². The van der Waals surface area contributed by atoms with Crippen molar-refractivity contribution in [3.8, 4) is 11.8 Å². The van der Waals surface area contributed by atoms with Gasteiger partial charge >= 0.3 is 5.97 Å². The second kappa shape index (κ2) is 13.2. The predicted molar refractivity (Wildman–Crippen MR) is 174 cm³/mol. The fourth-order valence-electron chi connectivity index (χ4n) is 5.13. The smallest absolute Gasteiger partial charge is 0.338 e. The zero-order valence-corrected chi connectivity index (χ0v) is 25.7. The minimum absolute atomic E-state index is 0.173. The second-order valence-electron chi connectivity index (χ2n) is 10.1. The molecule has 0 unspecified atom stereocenters. The largest absolute Gasteiger partial charge is 0.489 e. The van der Waals surface area contributed by atoms with Crippen molar-refractivity contribution in [3.63, 3.8) is 0 Å². The Hall–Kier alpha value is -5.23. The van der Waals surface area contributed by atoms with Crippen molar-refractivity contribution in [1.29, 1.82) is 5.26 Å². The molecule has 9 heteroatoms. The maximum absolute atomic E-state index is 14.1. The van der Waals surface area contributed by atoms with Crippen LogP contribution in [0.25, 0.3) is 11.8 Å². The third-order valence-electron chi connectivity index (χ3n) is 7.27. The Morgan fingerprint density at radius 1 is 1.00 bits per heavy atom. The van der Waals surface area contributed by atoms with Gasteiger partial charge in [-0.05, 0) is 54.5 Å². The molecule has 7 nitrogen and oxygen atoms in total. The van der Waals surface area contributed by atoms with Crippen LogP contribution in [0.2, 0.25) is 5.02 Å². The lowest BCUT2D eigenvalue weighted by molar-refractivity contribution is -0.138. The number of esters is 1. The highest BCUT2D eigenvalue weighted by Gasteiger charge is 2.35. The van der Waals surface area contributed by atoms with Gasteiger partial charge in [-0.25, -0.2) is 9.79 Å². The first-order valence-electron chi connectivity index (χ1n) is 14.2. The van der Waals surface area contributed by atoms with Gasteiger partial charge in [0.2, 0.25) is 0 Å². The number of aromatic nitrogens is 1. The minimum Gasteiger partial charge on any atom is -0.489 e. The van der Waals surface area contributed by atoms with Crippen molar-refractivity contribution < 1.29 is 14.3 Å². The number of benzene rings is 4. The Morgan fingerprint density at radius 3 is 2.42 bits per heavy atom. The van der Waals surface area contributed by atoms with E-state index in [1.165, 1.54) is 11.3 Å². The number of hydrogen-bond donors (Lipinski definition) is 0. The normalized spacial score (nSPS) is 14.3. The number of thiazole rings is 1. The van der Waals surface area contributed by atoms with Gasteiger partial charge in [0.15, 0.2) is 4.80 Å². The number of hydrogen-bond acceptors (Lipinski definition) is 7. The van der Waals surface area contributed by atoms with Crippen LogP contribution in [0.3, 0.4) is 0 Å². The zero-order valence-electron chi connectivity index (χ0n) is 24.1. The molecule has 0 saturated heterocycles. The Balaban J connectivity index is 1.42. The maximum Gasteiger partial charge on any atom is 0.338 e. The number of carbonyl (C=O) groups excluding carboxylic acids is 1. The van der Waals surface area contributed by atoms with E-state index in [0.717, 1.165) is 16.7 Å². The molecule has 0 N–H and O–H groups in total. The van der Waals surface area contributed by atoms with Gasteiger partial charge in [0, 0.05) is 16.1 Å². The van der Waals surface area contributed by atoms with Crippen LogP contribution >= 0.6 is 22.9 Å². The first-order valence-corrected chi connectivity index (χ1v) is 15.4. The van der Waals surface area contributed by atoms with Crippen LogP contribution in [0.5, 0.6) is 5.75 Å². The molecule has 1 aromatic heterocycles. The molecule has 0 fully saturated rings. The van der Waals surface area contributed by atoms with E-state index in [2.05, 4.69) is 6.07 Å². The molecule has 1 atom stereocenters. The highest BCUT2D eigenvalue weighted by Crippen LogP contribution is 2.35. The quantitative estimate of drug-likeness (QED) is 0.195. The van der Waals surface area contributed by atoms with Crippen LogP contribution in [-0.2, 0) is 16.1 Å². The summed E-state index contributed by atoms with van der Waals surface area (Å²) in [6.45, 7) is 2.18. The summed E-state index contributed by atoms with van der Waals surface area (Å²) >= 11 is 7.46. The molecule has 0 radical (unpaired) electrons. The zero-order chi connectivity index (χ0) is 31.3. The summed E-state index contributed by atoms with van der Waals surface area (Å²) in [4.78, 5) is 32.9. The van der Waals surface area contributed by atoms with Crippen LogP contribution in [0.15, 0.2) is 118 Å². The molecule has 1 aliphatic rings. The Kier molecular flexibility index (Phi) is 8.74. The lowest BCUT2D eigenvalue weighted by Crippen LogP contribution is -2.40. The lowest BCUT2D eigenvalue weighted by atomic mass is 9.93. The molecule has 1 aliphatic heterocycles. The van der Waals surface area contributed by atoms with Crippen molar-refractivity contribution >= 4 is 40.7 Å². The topological polar surface area (TPSA) is 93.7 Å². The van der Waals surface area contributed by atoms with E-state index in [1.807, 2.05) is 84.9 Å². The number of nitrogens with zero attached hydrogens (tertiary/aromatic N) is 3. The average Bonchev–Trinajstić information content (AvgIpc) is 3.38. The molecular weight excluding hydrogens is 606 g/mol. The lowest BCUT2D eigenvalue weighted by Gasteiger charge is -2.25. The summed E-state index contributed by atoms with van der Waals surface area (Å²) in [5.41, 5.74) is 4.08. The Morgan fingerprint density at radius 2 is 1.71 bits per heavy atom. The number of halogens is 1. The Bertz CT molecular complexity index is 2130. The average molecular weight is 632 g/mol. The SMILES string of the molecule is CCOC(=O)C1=C(c2ccccc2)N=c2s/c(=C\c3ccc(OCc4ccccc4C#N)cc3)c(=O)n2[C@@H]1c1ccc(Cl)cc1. The van der Waals surface area contributed by atoms with Gasteiger partial charge < -0.3 is 9.47 Å². The van der Waals surface area contributed by atoms with E-state index in [9.17, 15) is 14.9 Å².